The maximum atomic E-state index is 11.9. The second-order valence-electron chi connectivity index (χ2n) is 6.43. The van der Waals surface area contributed by atoms with Crippen LogP contribution in [0.25, 0.3) is 0 Å². The molecule has 0 saturated heterocycles. The van der Waals surface area contributed by atoms with Crippen molar-refractivity contribution in [2.45, 2.75) is 58.0 Å². The lowest BCUT2D eigenvalue weighted by Crippen LogP contribution is -2.51. The SMILES string of the molecule is COC(=O)C(C)(CCCOCCOCC(C)C)NC1CC1. The summed E-state index contributed by atoms with van der Waals surface area (Å²) in [4.78, 5) is 11.9. The Kier molecular flexibility index (Phi) is 8.22. The van der Waals surface area contributed by atoms with Crippen LogP contribution in [0, 0.1) is 5.92 Å². The van der Waals surface area contributed by atoms with Crippen LogP contribution in [0.2, 0.25) is 0 Å². The number of nitrogens with one attached hydrogen (secondary N) is 1. The average Bonchev–Trinajstić information content (AvgIpc) is 3.24. The van der Waals surface area contributed by atoms with Crippen LogP contribution in [0.5, 0.6) is 0 Å². The van der Waals surface area contributed by atoms with Gasteiger partial charge in [-0.1, -0.05) is 13.8 Å². The Labute approximate surface area is 128 Å². The standard InChI is InChI=1S/C16H31NO4/c1-13(2)12-21-11-10-20-9-5-8-16(3,15(18)19-4)17-14-6-7-14/h13-14,17H,5-12H2,1-4H3. The molecule has 0 bridgehead atoms. The molecular weight excluding hydrogens is 270 g/mol. The number of rotatable bonds is 12. The molecule has 1 N–H and O–H groups in total. The third-order valence-electron chi connectivity index (χ3n) is 3.52. The van der Waals surface area contributed by atoms with Gasteiger partial charge in [-0.3, -0.25) is 10.1 Å². The molecule has 1 unspecified atom stereocenters. The molecule has 1 fully saturated rings. The van der Waals surface area contributed by atoms with E-state index in [0.29, 0.717) is 31.8 Å². The predicted octanol–water partition coefficient (Wildman–Crippen LogP) is 2.14. The summed E-state index contributed by atoms with van der Waals surface area (Å²) in [5.41, 5.74) is -0.590. The fourth-order valence-corrected chi connectivity index (χ4v) is 2.20. The van der Waals surface area contributed by atoms with Crippen molar-refractivity contribution in [2.24, 2.45) is 5.92 Å². The number of hydrogen-bond donors (Lipinski definition) is 1. The highest BCUT2D eigenvalue weighted by Gasteiger charge is 2.38. The molecule has 1 atom stereocenters. The van der Waals surface area contributed by atoms with Gasteiger partial charge < -0.3 is 14.2 Å². The van der Waals surface area contributed by atoms with Gasteiger partial charge in [0, 0.05) is 19.3 Å². The Balaban J connectivity index is 2.11. The average molecular weight is 301 g/mol. The minimum atomic E-state index is -0.590. The molecule has 0 aromatic heterocycles. The summed E-state index contributed by atoms with van der Waals surface area (Å²) in [7, 11) is 1.44. The van der Waals surface area contributed by atoms with Gasteiger partial charge in [0.25, 0.3) is 0 Å². The van der Waals surface area contributed by atoms with E-state index in [1.807, 2.05) is 6.92 Å². The van der Waals surface area contributed by atoms with Crippen molar-refractivity contribution in [1.29, 1.82) is 0 Å². The van der Waals surface area contributed by atoms with E-state index in [9.17, 15) is 4.79 Å². The number of carbonyl (C=O) groups excluding carboxylic acids is 1. The van der Waals surface area contributed by atoms with Gasteiger partial charge in [0.1, 0.15) is 5.54 Å². The molecule has 21 heavy (non-hydrogen) atoms. The van der Waals surface area contributed by atoms with E-state index in [1.54, 1.807) is 0 Å². The third kappa shape index (κ3) is 7.79. The highest BCUT2D eigenvalue weighted by Crippen LogP contribution is 2.25. The van der Waals surface area contributed by atoms with Gasteiger partial charge in [0.05, 0.1) is 20.3 Å². The van der Waals surface area contributed by atoms with E-state index in [-0.39, 0.29) is 5.97 Å². The van der Waals surface area contributed by atoms with E-state index in [2.05, 4.69) is 19.2 Å². The van der Waals surface area contributed by atoms with Crippen LogP contribution >= 0.6 is 0 Å². The van der Waals surface area contributed by atoms with Crippen LogP contribution in [0.4, 0.5) is 0 Å². The molecule has 0 radical (unpaired) electrons. The van der Waals surface area contributed by atoms with E-state index >= 15 is 0 Å². The third-order valence-corrected chi connectivity index (χ3v) is 3.52. The van der Waals surface area contributed by atoms with Gasteiger partial charge in [-0.2, -0.15) is 0 Å². The molecule has 1 aliphatic rings. The van der Waals surface area contributed by atoms with Crippen LogP contribution < -0.4 is 5.32 Å². The number of esters is 1. The molecule has 0 amide bonds. The lowest BCUT2D eigenvalue weighted by atomic mass is 9.96. The van der Waals surface area contributed by atoms with Gasteiger partial charge in [-0.05, 0) is 38.5 Å². The zero-order valence-corrected chi connectivity index (χ0v) is 13.9. The Hall–Kier alpha value is -0.650. The van der Waals surface area contributed by atoms with E-state index < -0.39 is 5.54 Å². The van der Waals surface area contributed by atoms with Crippen LogP contribution in [-0.2, 0) is 19.0 Å². The van der Waals surface area contributed by atoms with E-state index in [0.717, 1.165) is 32.3 Å². The lowest BCUT2D eigenvalue weighted by Gasteiger charge is -2.28. The molecule has 1 aliphatic carbocycles. The first-order valence-electron chi connectivity index (χ1n) is 7.99. The second kappa shape index (κ2) is 9.38. The van der Waals surface area contributed by atoms with Crippen molar-refractivity contribution in [2.75, 3.05) is 33.5 Å². The fourth-order valence-electron chi connectivity index (χ4n) is 2.20. The summed E-state index contributed by atoms with van der Waals surface area (Å²) in [6.07, 6.45) is 3.85. The molecule has 1 rings (SSSR count). The summed E-state index contributed by atoms with van der Waals surface area (Å²) >= 11 is 0. The first kappa shape index (κ1) is 18.4. The Morgan fingerprint density at radius 2 is 1.90 bits per heavy atom. The molecule has 0 heterocycles. The predicted molar refractivity (Wildman–Crippen MR) is 82.3 cm³/mol. The maximum absolute atomic E-state index is 11.9. The molecule has 1 saturated carbocycles. The molecule has 0 aromatic carbocycles. The van der Waals surface area contributed by atoms with Gasteiger partial charge in [-0.15, -0.1) is 0 Å². The zero-order valence-electron chi connectivity index (χ0n) is 13.9. The van der Waals surface area contributed by atoms with Gasteiger partial charge in [-0.25, -0.2) is 0 Å². The number of carbonyl (C=O) groups is 1. The van der Waals surface area contributed by atoms with Crippen molar-refractivity contribution in [3.05, 3.63) is 0 Å². The quantitative estimate of drug-likeness (QED) is 0.442. The minimum absolute atomic E-state index is 0.185. The smallest absolute Gasteiger partial charge is 0.325 e. The van der Waals surface area contributed by atoms with Gasteiger partial charge in [0.2, 0.25) is 0 Å². The molecule has 0 aromatic rings. The Bertz CT molecular complexity index is 305. The van der Waals surface area contributed by atoms with Crippen molar-refractivity contribution >= 4 is 5.97 Å². The number of methoxy groups -OCH3 is 1. The van der Waals surface area contributed by atoms with Crippen LogP contribution in [0.1, 0.15) is 46.5 Å². The normalized spacial score (nSPS) is 17.8. The number of hydrogen-bond acceptors (Lipinski definition) is 5. The van der Waals surface area contributed by atoms with Gasteiger partial charge >= 0.3 is 5.97 Å². The van der Waals surface area contributed by atoms with Crippen molar-refractivity contribution < 1.29 is 19.0 Å². The largest absolute Gasteiger partial charge is 0.468 e. The minimum Gasteiger partial charge on any atom is -0.468 e. The summed E-state index contributed by atoms with van der Waals surface area (Å²) < 4.78 is 15.9. The zero-order chi connectivity index (χ0) is 15.7. The maximum Gasteiger partial charge on any atom is 0.325 e. The summed E-state index contributed by atoms with van der Waals surface area (Å²) in [5, 5.41) is 3.39. The van der Waals surface area contributed by atoms with Crippen molar-refractivity contribution in [1.82, 2.24) is 5.32 Å². The summed E-state index contributed by atoms with van der Waals surface area (Å²) in [6, 6.07) is 0.472. The Morgan fingerprint density at radius 1 is 1.24 bits per heavy atom. The fraction of sp³-hybridized carbons (Fsp3) is 0.938. The topological polar surface area (TPSA) is 56.8 Å². The van der Waals surface area contributed by atoms with Crippen molar-refractivity contribution in [3.8, 4) is 0 Å². The van der Waals surface area contributed by atoms with Crippen molar-refractivity contribution in [3.63, 3.8) is 0 Å². The molecule has 124 valence electrons. The highest BCUT2D eigenvalue weighted by molar-refractivity contribution is 5.80. The molecule has 5 heteroatoms. The van der Waals surface area contributed by atoms with E-state index in [4.69, 9.17) is 14.2 Å². The second-order valence-corrected chi connectivity index (χ2v) is 6.43. The van der Waals surface area contributed by atoms with Crippen LogP contribution in [0.15, 0.2) is 0 Å². The molecule has 0 spiro atoms. The first-order valence-corrected chi connectivity index (χ1v) is 7.99. The molecule has 0 aliphatic heterocycles. The van der Waals surface area contributed by atoms with E-state index in [1.165, 1.54) is 7.11 Å². The number of ether oxygens (including phenoxy) is 3. The van der Waals surface area contributed by atoms with Crippen LogP contribution in [-0.4, -0.2) is 51.1 Å². The highest BCUT2D eigenvalue weighted by atomic mass is 16.5. The summed E-state index contributed by atoms with van der Waals surface area (Å²) in [5.74, 6) is 0.369. The first-order chi connectivity index (χ1) is 9.98. The molecule has 5 nitrogen and oxygen atoms in total. The summed E-state index contributed by atoms with van der Waals surface area (Å²) in [6.45, 7) is 8.83. The van der Waals surface area contributed by atoms with Gasteiger partial charge in [0.15, 0.2) is 0 Å². The Morgan fingerprint density at radius 3 is 2.48 bits per heavy atom. The lowest BCUT2D eigenvalue weighted by molar-refractivity contribution is -0.148. The monoisotopic (exact) mass is 301 g/mol. The molecular formula is C16H31NO4. The van der Waals surface area contributed by atoms with Crippen LogP contribution in [0.3, 0.4) is 0 Å².